The van der Waals surface area contributed by atoms with Crippen LogP contribution in [0, 0.1) is 5.92 Å². The molecule has 4 aromatic heterocycles. The standard InChI is InChI=1S/C27H27N7/c1-17(2)14-29-23-13-22(19-9-11-28-12-10-19)33-34-25(16-31-27(23)34)20-5-3-18(4-6-20)24-15-30-26(32-24)21-7-8-21/h3-6,9-13,15-17,21,29H,7-8,14H2,1-2H3,(H,30,32). The third-order valence-electron chi connectivity index (χ3n) is 6.20. The van der Waals surface area contributed by atoms with Crippen molar-refractivity contribution >= 4 is 11.3 Å². The van der Waals surface area contributed by atoms with Crippen LogP contribution < -0.4 is 5.32 Å². The number of aromatic nitrogens is 6. The van der Waals surface area contributed by atoms with E-state index in [4.69, 9.17) is 10.1 Å². The smallest absolute Gasteiger partial charge is 0.177 e. The second-order valence-electron chi connectivity index (χ2n) is 9.37. The number of imidazole rings is 2. The van der Waals surface area contributed by atoms with Gasteiger partial charge in [0.25, 0.3) is 0 Å². The number of hydrogen-bond acceptors (Lipinski definition) is 5. The van der Waals surface area contributed by atoms with Gasteiger partial charge in [0.15, 0.2) is 5.65 Å². The Morgan fingerprint density at radius 2 is 1.74 bits per heavy atom. The van der Waals surface area contributed by atoms with Crippen LogP contribution >= 0.6 is 0 Å². The van der Waals surface area contributed by atoms with Crippen LogP contribution in [0.15, 0.2) is 67.3 Å². The van der Waals surface area contributed by atoms with Gasteiger partial charge in [-0.15, -0.1) is 0 Å². The quantitative estimate of drug-likeness (QED) is 0.328. The number of pyridine rings is 1. The van der Waals surface area contributed by atoms with Crippen molar-refractivity contribution in [2.75, 3.05) is 11.9 Å². The number of rotatable bonds is 7. The van der Waals surface area contributed by atoms with Crippen LogP contribution in [0.5, 0.6) is 0 Å². The largest absolute Gasteiger partial charge is 0.382 e. The van der Waals surface area contributed by atoms with Gasteiger partial charge in [-0.05, 0) is 42.5 Å². The summed E-state index contributed by atoms with van der Waals surface area (Å²) in [6, 6.07) is 14.5. The minimum absolute atomic E-state index is 0.516. The molecule has 0 radical (unpaired) electrons. The first-order chi connectivity index (χ1) is 16.7. The number of H-pyrrole nitrogens is 1. The van der Waals surface area contributed by atoms with E-state index < -0.39 is 0 Å². The van der Waals surface area contributed by atoms with Gasteiger partial charge < -0.3 is 10.3 Å². The number of benzene rings is 1. The van der Waals surface area contributed by atoms with E-state index in [-0.39, 0.29) is 0 Å². The molecule has 170 valence electrons. The minimum Gasteiger partial charge on any atom is -0.382 e. The molecule has 4 heterocycles. The first-order valence-corrected chi connectivity index (χ1v) is 11.8. The Hall–Kier alpha value is -4.00. The summed E-state index contributed by atoms with van der Waals surface area (Å²) in [7, 11) is 0. The highest BCUT2D eigenvalue weighted by molar-refractivity contribution is 5.77. The second kappa shape index (κ2) is 8.41. The van der Waals surface area contributed by atoms with E-state index in [0.29, 0.717) is 11.8 Å². The predicted molar refractivity (Wildman–Crippen MR) is 135 cm³/mol. The lowest BCUT2D eigenvalue weighted by molar-refractivity contribution is 0.688. The van der Waals surface area contributed by atoms with Crippen molar-refractivity contribution in [1.29, 1.82) is 0 Å². The molecule has 1 aromatic carbocycles. The van der Waals surface area contributed by atoms with Crippen molar-refractivity contribution in [3.05, 3.63) is 73.1 Å². The Balaban J connectivity index is 1.39. The Morgan fingerprint density at radius 3 is 2.47 bits per heavy atom. The molecule has 7 heteroatoms. The van der Waals surface area contributed by atoms with Crippen LogP contribution in [0.2, 0.25) is 0 Å². The summed E-state index contributed by atoms with van der Waals surface area (Å²) in [5.74, 6) is 2.24. The Bertz CT molecular complexity index is 1430. The van der Waals surface area contributed by atoms with Gasteiger partial charge in [-0.25, -0.2) is 14.5 Å². The Kier molecular flexibility index (Phi) is 5.09. The molecule has 1 aliphatic rings. The van der Waals surface area contributed by atoms with Crippen molar-refractivity contribution in [1.82, 2.24) is 29.5 Å². The predicted octanol–water partition coefficient (Wildman–Crippen LogP) is 5.79. The maximum absolute atomic E-state index is 4.95. The van der Waals surface area contributed by atoms with Gasteiger partial charge in [-0.2, -0.15) is 5.10 Å². The number of anilines is 1. The number of nitrogens with zero attached hydrogens (tertiary/aromatic N) is 5. The van der Waals surface area contributed by atoms with Gasteiger partial charge in [0.1, 0.15) is 5.82 Å². The van der Waals surface area contributed by atoms with Crippen LogP contribution in [-0.2, 0) is 0 Å². The van der Waals surface area contributed by atoms with Gasteiger partial charge in [0, 0.05) is 36.0 Å². The van der Waals surface area contributed by atoms with E-state index in [1.165, 1.54) is 12.8 Å². The Morgan fingerprint density at radius 1 is 0.971 bits per heavy atom. The van der Waals surface area contributed by atoms with Crippen LogP contribution in [0.4, 0.5) is 5.69 Å². The SMILES string of the molecule is CC(C)CNc1cc(-c2ccncc2)nn2c(-c3ccc(-c4cnc(C5CC5)[nH]4)cc3)cnc12. The van der Waals surface area contributed by atoms with Crippen molar-refractivity contribution < 1.29 is 0 Å². The molecule has 0 amide bonds. The number of nitrogens with one attached hydrogen (secondary N) is 2. The summed E-state index contributed by atoms with van der Waals surface area (Å²) in [4.78, 5) is 16.9. The lowest BCUT2D eigenvalue weighted by Crippen LogP contribution is -2.10. The summed E-state index contributed by atoms with van der Waals surface area (Å²) in [5, 5.41) is 8.51. The van der Waals surface area contributed by atoms with E-state index in [0.717, 1.165) is 57.5 Å². The van der Waals surface area contributed by atoms with Gasteiger partial charge in [0.2, 0.25) is 0 Å². The van der Waals surface area contributed by atoms with Gasteiger partial charge >= 0.3 is 0 Å². The minimum atomic E-state index is 0.516. The molecule has 5 aromatic rings. The molecule has 1 saturated carbocycles. The summed E-state index contributed by atoms with van der Waals surface area (Å²) in [6.45, 7) is 5.25. The molecule has 0 unspecified atom stereocenters. The van der Waals surface area contributed by atoms with E-state index >= 15 is 0 Å². The maximum Gasteiger partial charge on any atom is 0.177 e. The molecule has 0 bridgehead atoms. The zero-order valence-corrected chi connectivity index (χ0v) is 19.4. The zero-order valence-electron chi connectivity index (χ0n) is 19.4. The fourth-order valence-corrected chi connectivity index (χ4v) is 4.14. The molecule has 2 N–H and O–H groups in total. The molecule has 0 spiro atoms. The summed E-state index contributed by atoms with van der Waals surface area (Å²) in [6.07, 6.45) is 9.90. The number of aromatic amines is 1. The van der Waals surface area contributed by atoms with E-state index in [1.54, 1.807) is 12.4 Å². The third kappa shape index (κ3) is 3.94. The maximum atomic E-state index is 4.95. The van der Waals surface area contributed by atoms with E-state index in [2.05, 4.69) is 64.4 Å². The molecular weight excluding hydrogens is 422 g/mol. The second-order valence-corrected chi connectivity index (χ2v) is 9.37. The molecule has 0 aliphatic heterocycles. The highest BCUT2D eigenvalue weighted by Crippen LogP contribution is 2.39. The lowest BCUT2D eigenvalue weighted by atomic mass is 10.1. The molecule has 0 atom stereocenters. The number of fused-ring (bicyclic) bond motifs is 1. The summed E-state index contributed by atoms with van der Waals surface area (Å²) in [5.41, 5.74) is 7.89. The molecule has 0 saturated heterocycles. The van der Waals surface area contributed by atoms with Crippen molar-refractivity contribution in [3.63, 3.8) is 0 Å². The highest BCUT2D eigenvalue weighted by Gasteiger charge is 2.26. The first kappa shape index (κ1) is 20.6. The molecule has 7 nitrogen and oxygen atoms in total. The van der Waals surface area contributed by atoms with Crippen molar-refractivity contribution in [2.45, 2.75) is 32.6 Å². The number of hydrogen-bond donors (Lipinski definition) is 2. The lowest BCUT2D eigenvalue weighted by Gasteiger charge is -2.13. The van der Waals surface area contributed by atoms with Crippen LogP contribution in [0.1, 0.15) is 38.4 Å². The third-order valence-corrected chi connectivity index (χ3v) is 6.20. The van der Waals surface area contributed by atoms with E-state index in [1.807, 2.05) is 29.0 Å². The molecule has 1 aliphatic carbocycles. The highest BCUT2D eigenvalue weighted by atomic mass is 15.3. The van der Waals surface area contributed by atoms with Gasteiger partial charge in [-0.1, -0.05) is 38.1 Å². The molecule has 1 fully saturated rings. The van der Waals surface area contributed by atoms with Gasteiger partial charge in [0.05, 0.1) is 35.2 Å². The molecule has 6 rings (SSSR count). The van der Waals surface area contributed by atoms with Crippen LogP contribution in [-0.4, -0.2) is 36.1 Å². The monoisotopic (exact) mass is 449 g/mol. The zero-order chi connectivity index (χ0) is 23.1. The fourth-order valence-electron chi connectivity index (χ4n) is 4.14. The average Bonchev–Trinajstić information content (AvgIpc) is 3.44. The molecular formula is C27H27N7. The topological polar surface area (TPSA) is 83.8 Å². The van der Waals surface area contributed by atoms with Crippen LogP contribution in [0.25, 0.3) is 39.4 Å². The molecule has 34 heavy (non-hydrogen) atoms. The summed E-state index contributed by atoms with van der Waals surface area (Å²) >= 11 is 0. The summed E-state index contributed by atoms with van der Waals surface area (Å²) < 4.78 is 1.94. The van der Waals surface area contributed by atoms with Gasteiger partial charge in [-0.3, -0.25) is 4.98 Å². The van der Waals surface area contributed by atoms with Crippen molar-refractivity contribution in [3.8, 4) is 33.8 Å². The van der Waals surface area contributed by atoms with E-state index in [9.17, 15) is 0 Å². The fraction of sp³-hybridized carbons (Fsp3) is 0.259. The normalized spacial score (nSPS) is 13.6. The Labute approximate surface area is 198 Å². The average molecular weight is 450 g/mol. The van der Waals surface area contributed by atoms with Crippen molar-refractivity contribution in [2.24, 2.45) is 5.92 Å². The van der Waals surface area contributed by atoms with Crippen LogP contribution in [0.3, 0.4) is 0 Å². The first-order valence-electron chi connectivity index (χ1n) is 11.8.